The third-order valence-electron chi connectivity index (χ3n) is 3.47. The predicted octanol–water partition coefficient (Wildman–Crippen LogP) is 4.03. The Balaban J connectivity index is 1.61. The molecule has 1 aromatic heterocycles. The molecule has 24 heavy (non-hydrogen) atoms. The van der Waals surface area contributed by atoms with Crippen LogP contribution in [0.3, 0.4) is 0 Å². The second kappa shape index (κ2) is 7.51. The predicted molar refractivity (Wildman–Crippen MR) is 97.7 cm³/mol. The van der Waals surface area contributed by atoms with E-state index >= 15 is 0 Å². The van der Waals surface area contributed by atoms with E-state index in [0.717, 1.165) is 10.3 Å². The van der Waals surface area contributed by atoms with Crippen molar-refractivity contribution in [2.24, 2.45) is 0 Å². The van der Waals surface area contributed by atoms with Crippen LogP contribution in [0.1, 0.15) is 12.0 Å². The minimum Gasteiger partial charge on any atom is -0.494 e. The molecule has 0 saturated carbocycles. The number of rotatable bonds is 6. The van der Waals surface area contributed by atoms with Crippen molar-refractivity contribution in [3.8, 4) is 5.75 Å². The second-order valence-electron chi connectivity index (χ2n) is 5.11. The number of hydrazine groups is 1. The lowest BCUT2D eigenvalue weighted by Gasteiger charge is -2.05. The summed E-state index contributed by atoms with van der Waals surface area (Å²) in [5.41, 5.74) is 7.31. The number of thiazole rings is 1. The summed E-state index contributed by atoms with van der Waals surface area (Å²) in [5, 5.41) is 1.16. The van der Waals surface area contributed by atoms with Crippen molar-refractivity contribution in [1.29, 1.82) is 0 Å². The van der Waals surface area contributed by atoms with Gasteiger partial charge in [0.15, 0.2) is 0 Å². The van der Waals surface area contributed by atoms with Gasteiger partial charge in [-0.15, -0.1) is 0 Å². The van der Waals surface area contributed by atoms with Gasteiger partial charge >= 0.3 is 0 Å². The average Bonchev–Trinajstić information content (AvgIpc) is 3.05. The number of hydrogen-bond acceptors (Lipinski definition) is 5. The first kappa shape index (κ1) is 16.5. The molecule has 1 heterocycles. The number of aromatic nitrogens is 1. The van der Waals surface area contributed by atoms with Crippen LogP contribution < -0.4 is 15.6 Å². The van der Waals surface area contributed by atoms with Gasteiger partial charge in [0.1, 0.15) is 11.3 Å². The normalized spacial score (nSPS) is 10.6. The monoisotopic (exact) mass is 361 g/mol. The number of fused-ring (bicyclic) bond motifs is 1. The minimum atomic E-state index is -0.101. The van der Waals surface area contributed by atoms with Crippen LogP contribution >= 0.6 is 22.9 Å². The molecule has 0 fully saturated rings. The third-order valence-corrected chi connectivity index (χ3v) is 4.90. The van der Waals surface area contributed by atoms with Crippen molar-refractivity contribution >= 4 is 44.2 Å². The fraction of sp³-hybridized carbons (Fsp3) is 0.176. The molecule has 2 N–H and O–H groups in total. The molecule has 1 amide bonds. The third kappa shape index (κ3) is 3.77. The summed E-state index contributed by atoms with van der Waals surface area (Å²) >= 11 is 7.54. The van der Waals surface area contributed by atoms with E-state index in [4.69, 9.17) is 16.3 Å². The molecule has 124 valence electrons. The first-order valence-electron chi connectivity index (χ1n) is 7.39. The number of carbonyl (C=O) groups is 1. The maximum Gasteiger partial charge on any atom is 0.238 e. The minimum absolute atomic E-state index is 0.101. The maximum absolute atomic E-state index is 11.9. The Bertz CT molecular complexity index is 852. The number of carbonyl (C=O) groups excluding carboxylic acids is 1. The summed E-state index contributed by atoms with van der Waals surface area (Å²) in [4.78, 5) is 16.4. The molecular formula is C17H16ClN3O2S. The van der Waals surface area contributed by atoms with E-state index in [0.29, 0.717) is 34.3 Å². The zero-order chi connectivity index (χ0) is 16.9. The summed E-state index contributed by atoms with van der Waals surface area (Å²) in [7, 11) is 1.58. The Morgan fingerprint density at radius 1 is 1.25 bits per heavy atom. The highest BCUT2D eigenvalue weighted by atomic mass is 35.5. The maximum atomic E-state index is 11.9. The molecule has 3 rings (SSSR count). The van der Waals surface area contributed by atoms with Crippen molar-refractivity contribution < 1.29 is 9.53 Å². The Morgan fingerprint density at radius 3 is 2.79 bits per heavy atom. The number of amides is 1. The quantitative estimate of drug-likeness (QED) is 0.650. The van der Waals surface area contributed by atoms with Crippen molar-refractivity contribution in [2.45, 2.75) is 12.8 Å². The molecule has 0 aliphatic carbocycles. The largest absolute Gasteiger partial charge is 0.494 e. The van der Waals surface area contributed by atoms with E-state index in [1.807, 2.05) is 30.3 Å². The lowest BCUT2D eigenvalue weighted by molar-refractivity contribution is -0.120. The molecule has 0 atom stereocenters. The van der Waals surface area contributed by atoms with Crippen LogP contribution in [-0.2, 0) is 11.2 Å². The van der Waals surface area contributed by atoms with Crippen molar-refractivity contribution in [2.75, 3.05) is 12.5 Å². The van der Waals surface area contributed by atoms with E-state index in [2.05, 4.69) is 15.8 Å². The number of ether oxygens (including phenoxy) is 1. The number of halogens is 1. The zero-order valence-electron chi connectivity index (χ0n) is 13.0. The molecule has 0 aliphatic heterocycles. The first-order valence-corrected chi connectivity index (χ1v) is 8.58. The van der Waals surface area contributed by atoms with Gasteiger partial charge < -0.3 is 4.74 Å². The smallest absolute Gasteiger partial charge is 0.238 e. The Hall–Kier alpha value is -2.31. The van der Waals surface area contributed by atoms with Crippen LogP contribution in [0.4, 0.5) is 5.13 Å². The van der Waals surface area contributed by atoms with Crippen molar-refractivity contribution in [3.63, 3.8) is 0 Å². The number of nitrogens with zero attached hydrogens (tertiary/aromatic N) is 1. The van der Waals surface area contributed by atoms with Gasteiger partial charge in [-0.3, -0.25) is 15.6 Å². The van der Waals surface area contributed by atoms with E-state index in [1.165, 1.54) is 11.3 Å². The number of nitrogens with one attached hydrogen (secondary N) is 2. The summed E-state index contributed by atoms with van der Waals surface area (Å²) in [6.07, 6.45) is 1.08. The fourth-order valence-corrected chi connectivity index (χ4v) is 3.37. The average molecular weight is 362 g/mol. The zero-order valence-corrected chi connectivity index (χ0v) is 14.6. The number of hydrogen-bond donors (Lipinski definition) is 2. The van der Waals surface area contributed by atoms with Crippen LogP contribution in [-0.4, -0.2) is 18.0 Å². The van der Waals surface area contributed by atoms with Gasteiger partial charge in [0, 0.05) is 6.42 Å². The van der Waals surface area contributed by atoms with E-state index in [9.17, 15) is 4.79 Å². The molecule has 0 bridgehead atoms. The molecule has 5 nitrogen and oxygen atoms in total. The highest BCUT2D eigenvalue weighted by Gasteiger charge is 2.12. The molecule has 0 aliphatic rings. The fourth-order valence-electron chi connectivity index (χ4n) is 2.26. The lowest BCUT2D eigenvalue weighted by atomic mass is 10.1. The van der Waals surface area contributed by atoms with E-state index < -0.39 is 0 Å². The molecule has 0 unspecified atom stereocenters. The Morgan fingerprint density at radius 2 is 2.04 bits per heavy atom. The van der Waals surface area contributed by atoms with Gasteiger partial charge in [-0.05, 0) is 24.1 Å². The summed E-state index contributed by atoms with van der Waals surface area (Å²) in [6, 6.07) is 13.4. The van der Waals surface area contributed by atoms with E-state index in [-0.39, 0.29) is 5.91 Å². The second-order valence-corrected chi connectivity index (χ2v) is 6.51. The first-order chi connectivity index (χ1) is 11.7. The van der Waals surface area contributed by atoms with Crippen molar-refractivity contribution in [3.05, 3.63) is 53.1 Å². The molecule has 2 aromatic carbocycles. The highest BCUT2D eigenvalue weighted by molar-refractivity contribution is 7.22. The molecular weight excluding hydrogens is 346 g/mol. The van der Waals surface area contributed by atoms with Crippen LogP contribution in [0.15, 0.2) is 42.5 Å². The topological polar surface area (TPSA) is 63.2 Å². The summed E-state index contributed by atoms with van der Waals surface area (Å²) in [6.45, 7) is 0. The van der Waals surface area contributed by atoms with Gasteiger partial charge in [-0.25, -0.2) is 4.98 Å². The molecule has 0 saturated heterocycles. The Labute approximate surface area is 148 Å². The lowest BCUT2D eigenvalue weighted by Crippen LogP contribution is -2.29. The van der Waals surface area contributed by atoms with Crippen LogP contribution in [0.2, 0.25) is 5.02 Å². The summed E-state index contributed by atoms with van der Waals surface area (Å²) in [5.74, 6) is 0.547. The van der Waals surface area contributed by atoms with Crippen molar-refractivity contribution in [1.82, 2.24) is 10.4 Å². The number of aryl methyl sites for hydroxylation is 1. The number of benzene rings is 2. The molecule has 0 spiro atoms. The van der Waals surface area contributed by atoms with Gasteiger partial charge in [-0.1, -0.05) is 53.3 Å². The van der Waals surface area contributed by atoms with Crippen LogP contribution in [0.25, 0.3) is 10.2 Å². The van der Waals surface area contributed by atoms with E-state index in [1.54, 1.807) is 19.2 Å². The molecule has 7 heteroatoms. The van der Waals surface area contributed by atoms with Crippen LogP contribution in [0.5, 0.6) is 5.75 Å². The van der Waals surface area contributed by atoms with Gasteiger partial charge in [0.2, 0.25) is 11.0 Å². The molecule has 0 radical (unpaired) electrons. The molecule has 3 aromatic rings. The van der Waals surface area contributed by atoms with Gasteiger partial charge in [-0.2, -0.15) is 0 Å². The standard InChI is InChI=1S/C17H16ClN3O2S/c1-23-13-9-8-12(18)16-15(13)19-17(24-16)21-20-14(22)10-7-11-5-3-2-4-6-11/h2-6,8-9H,7,10H2,1H3,(H,19,21)(H,20,22). The number of anilines is 1. The van der Waals surface area contributed by atoms with Gasteiger partial charge in [0.05, 0.1) is 16.8 Å². The van der Waals surface area contributed by atoms with Crippen LogP contribution in [0, 0.1) is 0 Å². The Kier molecular flexibility index (Phi) is 5.17. The summed E-state index contributed by atoms with van der Waals surface area (Å²) < 4.78 is 6.10. The SMILES string of the molecule is COc1ccc(Cl)c2sc(NNC(=O)CCc3ccccc3)nc12. The van der Waals surface area contributed by atoms with Gasteiger partial charge in [0.25, 0.3) is 0 Å². The highest BCUT2D eigenvalue weighted by Crippen LogP contribution is 2.36. The number of methoxy groups -OCH3 is 1.